The average Bonchev–Trinajstić information content (AvgIpc) is 2.69. The molecule has 0 bridgehead atoms. The Labute approximate surface area is 161 Å². The minimum absolute atomic E-state index is 0.00443. The van der Waals surface area contributed by atoms with E-state index in [0.29, 0.717) is 17.2 Å². The second-order valence-corrected chi connectivity index (χ2v) is 8.07. The van der Waals surface area contributed by atoms with Crippen LogP contribution in [-0.2, 0) is 6.61 Å². The number of rotatable bonds is 6. The maximum atomic E-state index is 14.3. The first kappa shape index (κ1) is 19.9. The lowest BCUT2D eigenvalue weighted by Gasteiger charge is -2.26. The minimum Gasteiger partial charge on any atom is -0.489 e. The standard InChI is InChI=1S/C24H30F2O/c1-4-17(3)22-14-11-20(23(25)24(22)26)15-27-21-12-9-19(10-13-21)18-7-5-16(2)6-8-18/h9-14,16-18H,4-8,15H2,1-3H3. The Kier molecular flexibility index (Phi) is 6.51. The van der Waals surface area contributed by atoms with Gasteiger partial charge in [-0.25, -0.2) is 8.78 Å². The average molecular weight is 372 g/mol. The maximum Gasteiger partial charge on any atom is 0.165 e. The van der Waals surface area contributed by atoms with Gasteiger partial charge in [0, 0.05) is 5.56 Å². The SMILES string of the molecule is CCC(C)c1ccc(COc2ccc(C3CCC(C)CC3)cc2)c(F)c1F. The molecule has 0 heterocycles. The molecule has 0 aliphatic heterocycles. The molecule has 146 valence electrons. The number of benzene rings is 2. The quantitative estimate of drug-likeness (QED) is 0.515. The predicted octanol–water partition coefficient (Wildman–Crippen LogP) is 7.35. The third-order valence-electron chi connectivity index (χ3n) is 6.10. The van der Waals surface area contributed by atoms with Crippen LogP contribution in [0.25, 0.3) is 0 Å². The zero-order valence-electron chi connectivity index (χ0n) is 16.6. The van der Waals surface area contributed by atoms with Crippen LogP contribution in [0.5, 0.6) is 5.75 Å². The highest BCUT2D eigenvalue weighted by molar-refractivity contribution is 5.31. The van der Waals surface area contributed by atoms with Crippen molar-refractivity contribution in [3.8, 4) is 5.75 Å². The molecule has 1 atom stereocenters. The van der Waals surface area contributed by atoms with Crippen molar-refractivity contribution in [2.24, 2.45) is 5.92 Å². The summed E-state index contributed by atoms with van der Waals surface area (Å²) in [5, 5.41) is 0. The van der Waals surface area contributed by atoms with E-state index in [1.165, 1.54) is 31.2 Å². The lowest BCUT2D eigenvalue weighted by Crippen LogP contribution is -2.10. The van der Waals surface area contributed by atoms with Gasteiger partial charge in [0.1, 0.15) is 12.4 Å². The van der Waals surface area contributed by atoms with Gasteiger partial charge in [-0.3, -0.25) is 0 Å². The Morgan fingerprint density at radius 1 is 0.963 bits per heavy atom. The number of halogens is 2. The molecule has 0 N–H and O–H groups in total. The number of hydrogen-bond acceptors (Lipinski definition) is 1. The van der Waals surface area contributed by atoms with E-state index in [9.17, 15) is 8.78 Å². The Morgan fingerprint density at radius 3 is 2.26 bits per heavy atom. The summed E-state index contributed by atoms with van der Waals surface area (Å²) in [5.41, 5.74) is 2.04. The fourth-order valence-electron chi connectivity index (χ4n) is 3.91. The Bertz CT molecular complexity index is 746. The van der Waals surface area contributed by atoms with Crippen molar-refractivity contribution in [1.82, 2.24) is 0 Å². The number of ether oxygens (including phenoxy) is 1. The third-order valence-corrected chi connectivity index (χ3v) is 6.10. The van der Waals surface area contributed by atoms with Crippen molar-refractivity contribution < 1.29 is 13.5 Å². The molecule has 2 aromatic carbocycles. The van der Waals surface area contributed by atoms with Gasteiger partial charge in [-0.05, 0) is 60.3 Å². The fourth-order valence-corrected chi connectivity index (χ4v) is 3.91. The topological polar surface area (TPSA) is 9.23 Å². The summed E-state index contributed by atoms with van der Waals surface area (Å²) in [4.78, 5) is 0. The first-order valence-corrected chi connectivity index (χ1v) is 10.2. The summed E-state index contributed by atoms with van der Waals surface area (Å²) >= 11 is 0. The first-order valence-electron chi connectivity index (χ1n) is 10.2. The molecule has 0 spiro atoms. The smallest absolute Gasteiger partial charge is 0.165 e. The lowest BCUT2D eigenvalue weighted by molar-refractivity contribution is 0.296. The highest BCUT2D eigenvalue weighted by Crippen LogP contribution is 2.36. The molecule has 0 radical (unpaired) electrons. The molecule has 1 aliphatic rings. The van der Waals surface area contributed by atoms with Crippen LogP contribution in [0.15, 0.2) is 36.4 Å². The normalized spacial score (nSPS) is 21.1. The minimum atomic E-state index is -0.791. The summed E-state index contributed by atoms with van der Waals surface area (Å²) in [6.07, 6.45) is 5.85. The summed E-state index contributed by atoms with van der Waals surface area (Å²) < 4.78 is 34.3. The van der Waals surface area contributed by atoms with E-state index < -0.39 is 11.6 Å². The Hall–Kier alpha value is -1.90. The highest BCUT2D eigenvalue weighted by Gasteiger charge is 2.20. The Morgan fingerprint density at radius 2 is 1.63 bits per heavy atom. The van der Waals surface area contributed by atoms with Crippen molar-refractivity contribution in [1.29, 1.82) is 0 Å². The van der Waals surface area contributed by atoms with E-state index in [0.717, 1.165) is 12.3 Å². The van der Waals surface area contributed by atoms with Crippen LogP contribution in [0.4, 0.5) is 8.78 Å². The molecule has 2 aromatic rings. The van der Waals surface area contributed by atoms with E-state index in [1.807, 2.05) is 26.0 Å². The van der Waals surface area contributed by atoms with Gasteiger partial charge in [0.25, 0.3) is 0 Å². The molecule has 27 heavy (non-hydrogen) atoms. The first-order chi connectivity index (χ1) is 13.0. The van der Waals surface area contributed by atoms with Gasteiger partial charge in [0.05, 0.1) is 0 Å². The monoisotopic (exact) mass is 372 g/mol. The van der Waals surface area contributed by atoms with E-state index in [2.05, 4.69) is 19.1 Å². The molecule has 0 saturated heterocycles. The third kappa shape index (κ3) is 4.69. The van der Waals surface area contributed by atoms with Gasteiger partial charge < -0.3 is 4.74 Å². The predicted molar refractivity (Wildman–Crippen MR) is 106 cm³/mol. The second kappa shape index (κ2) is 8.86. The van der Waals surface area contributed by atoms with Crippen molar-refractivity contribution in [3.63, 3.8) is 0 Å². The van der Waals surface area contributed by atoms with Crippen molar-refractivity contribution in [2.45, 2.75) is 71.3 Å². The largest absolute Gasteiger partial charge is 0.489 e. The summed E-state index contributed by atoms with van der Waals surface area (Å²) in [6, 6.07) is 11.4. The van der Waals surface area contributed by atoms with Crippen LogP contribution in [-0.4, -0.2) is 0 Å². The van der Waals surface area contributed by atoms with Crippen molar-refractivity contribution in [2.75, 3.05) is 0 Å². The van der Waals surface area contributed by atoms with Gasteiger partial charge >= 0.3 is 0 Å². The van der Waals surface area contributed by atoms with Crippen molar-refractivity contribution in [3.05, 3.63) is 64.7 Å². The summed E-state index contributed by atoms with van der Waals surface area (Å²) in [5.74, 6) is 0.632. The molecule has 1 aliphatic carbocycles. The van der Waals surface area contributed by atoms with Crippen molar-refractivity contribution >= 4 is 0 Å². The van der Waals surface area contributed by atoms with Crippen LogP contribution in [0, 0.1) is 17.6 Å². The van der Waals surface area contributed by atoms with Gasteiger partial charge in [0.15, 0.2) is 11.6 Å². The maximum absolute atomic E-state index is 14.3. The van der Waals surface area contributed by atoms with E-state index >= 15 is 0 Å². The van der Waals surface area contributed by atoms with E-state index in [4.69, 9.17) is 4.74 Å². The van der Waals surface area contributed by atoms with Crippen LogP contribution in [0.2, 0.25) is 0 Å². The molecule has 1 unspecified atom stereocenters. The molecule has 3 heteroatoms. The highest BCUT2D eigenvalue weighted by atomic mass is 19.2. The summed E-state index contributed by atoms with van der Waals surface area (Å²) in [6.45, 7) is 6.23. The van der Waals surface area contributed by atoms with Gasteiger partial charge in [-0.2, -0.15) is 0 Å². The van der Waals surface area contributed by atoms with E-state index in [-0.39, 0.29) is 18.1 Å². The van der Waals surface area contributed by atoms with E-state index in [1.54, 1.807) is 12.1 Å². The molecular weight excluding hydrogens is 342 g/mol. The van der Waals surface area contributed by atoms with Crippen LogP contribution >= 0.6 is 0 Å². The molecule has 1 nitrogen and oxygen atoms in total. The number of hydrogen-bond donors (Lipinski definition) is 0. The molecule has 1 saturated carbocycles. The van der Waals surface area contributed by atoms with Crippen LogP contribution < -0.4 is 4.74 Å². The second-order valence-electron chi connectivity index (χ2n) is 8.07. The zero-order valence-corrected chi connectivity index (χ0v) is 16.6. The van der Waals surface area contributed by atoms with Gasteiger partial charge in [-0.1, -0.05) is 57.9 Å². The van der Waals surface area contributed by atoms with Crippen LogP contribution in [0.3, 0.4) is 0 Å². The lowest BCUT2D eigenvalue weighted by atomic mass is 9.79. The zero-order chi connectivity index (χ0) is 19.4. The molecule has 1 fully saturated rings. The molecule has 0 aromatic heterocycles. The molecule has 0 amide bonds. The Balaban J connectivity index is 1.62. The van der Waals surface area contributed by atoms with Crippen LogP contribution in [0.1, 0.15) is 81.4 Å². The summed E-state index contributed by atoms with van der Waals surface area (Å²) in [7, 11) is 0. The van der Waals surface area contributed by atoms with Gasteiger partial charge in [0.2, 0.25) is 0 Å². The molecule has 3 rings (SSSR count). The fraction of sp³-hybridized carbons (Fsp3) is 0.500. The van der Waals surface area contributed by atoms with Gasteiger partial charge in [-0.15, -0.1) is 0 Å². The molecular formula is C24H30F2O.